The Morgan fingerprint density at radius 1 is 1.47 bits per heavy atom. The average molecular weight is 326 g/mol. The maximum absolute atomic E-state index is 10.7. The van der Waals surface area contributed by atoms with E-state index in [1.54, 1.807) is 13.8 Å². The first-order valence-electron chi connectivity index (χ1n) is 5.68. The van der Waals surface area contributed by atoms with Crippen molar-refractivity contribution in [2.75, 3.05) is 0 Å². The Balaban J connectivity index is 2.64. The average Bonchev–Trinajstić information content (AvgIpc) is 2.55. The van der Waals surface area contributed by atoms with Crippen molar-refractivity contribution in [2.45, 2.75) is 44.1 Å². The van der Waals surface area contributed by atoms with E-state index in [0.717, 1.165) is 5.82 Å². The van der Waals surface area contributed by atoms with Crippen molar-refractivity contribution in [3.8, 4) is 0 Å². The van der Waals surface area contributed by atoms with Gasteiger partial charge in [0.15, 0.2) is 6.49 Å². The van der Waals surface area contributed by atoms with Crippen molar-refractivity contribution in [1.82, 2.24) is 0 Å². The standard InChI is InChI=1S/C9H17BO6P2S/c1-6(2)18(14,19)16-8-5-7(15-9(8)10)3-4-17(11,12)13/h3-4,6-9H,5H2,1-2H3,(H,14,19)(H2,11,12,13)/b4-3+/t7-,8-,9-,18?/m1/s1. The first-order valence-corrected chi connectivity index (χ1v) is 10.1. The number of rotatable bonds is 5. The van der Waals surface area contributed by atoms with Gasteiger partial charge >= 0.3 is 7.60 Å². The van der Waals surface area contributed by atoms with Gasteiger partial charge in [0.1, 0.15) is 7.85 Å². The summed E-state index contributed by atoms with van der Waals surface area (Å²) < 4.78 is 21.4. The molecule has 1 unspecified atom stereocenters. The Labute approximate surface area is 118 Å². The maximum atomic E-state index is 10.7. The van der Waals surface area contributed by atoms with Gasteiger partial charge in [0.25, 0.3) is 0 Å². The van der Waals surface area contributed by atoms with Crippen LogP contribution in [0.5, 0.6) is 0 Å². The number of ether oxygens (including phenoxy) is 1. The molecule has 1 aliphatic heterocycles. The third kappa shape index (κ3) is 5.78. The first-order chi connectivity index (χ1) is 8.51. The zero-order valence-corrected chi connectivity index (χ0v) is 13.2. The summed E-state index contributed by atoms with van der Waals surface area (Å²) in [6.45, 7) is 0.581. The lowest BCUT2D eigenvalue weighted by atomic mass is 9.94. The van der Waals surface area contributed by atoms with Gasteiger partial charge in [-0.1, -0.05) is 13.8 Å². The van der Waals surface area contributed by atoms with E-state index >= 15 is 0 Å². The molecule has 108 valence electrons. The lowest BCUT2D eigenvalue weighted by Crippen LogP contribution is -2.24. The summed E-state index contributed by atoms with van der Waals surface area (Å²) >= 11 is 5.01. The van der Waals surface area contributed by atoms with Crippen LogP contribution in [0.4, 0.5) is 0 Å². The quantitative estimate of drug-likeness (QED) is 0.513. The number of hydrogen-bond donors (Lipinski definition) is 3. The molecule has 1 saturated heterocycles. The molecule has 0 aliphatic carbocycles. The second-order valence-corrected chi connectivity index (χ2v) is 10.0. The second kappa shape index (κ2) is 6.50. The van der Waals surface area contributed by atoms with E-state index in [1.807, 2.05) is 0 Å². The fourth-order valence-corrected chi connectivity index (χ4v) is 3.04. The minimum absolute atomic E-state index is 0.195. The van der Waals surface area contributed by atoms with Gasteiger partial charge in [-0.15, -0.1) is 0 Å². The highest BCUT2D eigenvalue weighted by molar-refractivity contribution is 8.09. The minimum Gasteiger partial charge on any atom is -0.378 e. The van der Waals surface area contributed by atoms with Crippen LogP contribution in [0.2, 0.25) is 0 Å². The molecule has 3 N–H and O–H groups in total. The predicted octanol–water partition coefficient (Wildman–Crippen LogP) is 1.06. The molecule has 0 aromatic carbocycles. The summed E-state index contributed by atoms with van der Waals surface area (Å²) in [6, 6.07) is -0.778. The Bertz CT molecular complexity index is 436. The zero-order valence-electron chi connectivity index (χ0n) is 10.6. The lowest BCUT2D eigenvalue weighted by molar-refractivity contribution is 0.0859. The molecule has 10 heteroatoms. The molecule has 0 saturated carbocycles. The summed E-state index contributed by atoms with van der Waals surface area (Å²) in [6.07, 6.45) is 0.406. The molecule has 0 aromatic heterocycles. The monoisotopic (exact) mass is 326 g/mol. The van der Waals surface area contributed by atoms with E-state index < -0.39 is 32.3 Å². The zero-order chi connectivity index (χ0) is 14.8. The Morgan fingerprint density at radius 3 is 2.53 bits per heavy atom. The SMILES string of the molecule is [B][C@@H]1O[C@H](/C=C/P(=O)(O)O)C[C@H]1OP(O)(=S)C(C)C. The second-order valence-electron chi connectivity index (χ2n) is 4.61. The highest BCUT2D eigenvalue weighted by atomic mass is 32.5. The first kappa shape index (κ1) is 17.5. The Kier molecular flexibility index (Phi) is 6.00. The van der Waals surface area contributed by atoms with Crippen molar-refractivity contribution in [3.05, 3.63) is 11.9 Å². The van der Waals surface area contributed by atoms with Crippen molar-refractivity contribution < 1.29 is 28.5 Å². The van der Waals surface area contributed by atoms with Gasteiger partial charge in [0.05, 0.1) is 12.2 Å². The van der Waals surface area contributed by atoms with Gasteiger partial charge in [-0.25, -0.2) is 0 Å². The molecule has 0 bridgehead atoms. The summed E-state index contributed by atoms with van der Waals surface area (Å²) in [5, 5.41) is 0. The van der Waals surface area contributed by atoms with Crippen LogP contribution < -0.4 is 0 Å². The van der Waals surface area contributed by atoms with Crippen LogP contribution in [-0.4, -0.2) is 46.4 Å². The van der Waals surface area contributed by atoms with Crippen LogP contribution in [0, 0.1) is 0 Å². The van der Waals surface area contributed by atoms with Crippen LogP contribution in [0.1, 0.15) is 20.3 Å². The van der Waals surface area contributed by atoms with Crippen LogP contribution in [0.25, 0.3) is 0 Å². The van der Waals surface area contributed by atoms with Gasteiger partial charge in [0, 0.05) is 23.9 Å². The molecule has 0 aromatic rings. The summed E-state index contributed by atoms with van der Waals surface area (Å²) in [4.78, 5) is 27.4. The topological polar surface area (TPSA) is 96.2 Å². The van der Waals surface area contributed by atoms with Crippen molar-refractivity contribution in [1.29, 1.82) is 0 Å². The van der Waals surface area contributed by atoms with Crippen molar-refractivity contribution in [2.24, 2.45) is 0 Å². The van der Waals surface area contributed by atoms with E-state index in [4.69, 9.17) is 38.7 Å². The summed E-state index contributed by atoms with van der Waals surface area (Å²) in [7, 11) is 1.48. The smallest absolute Gasteiger partial charge is 0.348 e. The van der Waals surface area contributed by atoms with Gasteiger partial charge < -0.3 is 23.9 Å². The Hall–Kier alpha value is 0.485. The molecule has 1 fully saturated rings. The van der Waals surface area contributed by atoms with Gasteiger partial charge in [-0.05, 0) is 17.9 Å². The van der Waals surface area contributed by atoms with E-state index in [9.17, 15) is 9.46 Å². The Morgan fingerprint density at radius 2 is 2.05 bits per heavy atom. The van der Waals surface area contributed by atoms with Crippen LogP contribution in [0.15, 0.2) is 11.9 Å². The van der Waals surface area contributed by atoms with Crippen LogP contribution >= 0.6 is 14.1 Å². The minimum atomic E-state index is -4.22. The van der Waals surface area contributed by atoms with E-state index in [-0.39, 0.29) is 5.66 Å². The normalized spacial score (nSPS) is 32.0. The highest BCUT2D eigenvalue weighted by Gasteiger charge is 2.35. The molecule has 6 nitrogen and oxygen atoms in total. The molecular formula is C9H17BO6P2S. The summed E-state index contributed by atoms with van der Waals surface area (Å²) in [5.41, 5.74) is -0.195. The lowest BCUT2D eigenvalue weighted by Gasteiger charge is -2.25. The summed E-state index contributed by atoms with van der Waals surface area (Å²) in [5.74, 6) is 0.768. The third-order valence-electron chi connectivity index (χ3n) is 2.60. The largest absolute Gasteiger partial charge is 0.378 e. The maximum Gasteiger partial charge on any atom is 0.348 e. The highest BCUT2D eigenvalue weighted by Crippen LogP contribution is 2.50. The fraction of sp³-hybridized carbons (Fsp3) is 0.778. The fourth-order valence-electron chi connectivity index (χ4n) is 1.46. The van der Waals surface area contributed by atoms with Crippen molar-refractivity contribution in [3.63, 3.8) is 0 Å². The molecule has 19 heavy (non-hydrogen) atoms. The van der Waals surface area contributed by atoms with E-state index in [0.29, 0.717) is 6.42 Å². The molecule has 1 rings (SSSR count). The molecular weight excluding hydrogens is 309 g/mol. The van der Waals surface area contributed by atoms with Gasteiger partial charge in [-0.2, -0.15) is 0 Å². The van der Waals surface area contributed by atoms with E-state index in [2.05, 4.69) is 0 Å². The number of hydrogen-bond acceptors (Lipinski definition) is 4. The van der Waals surface area contributed by atoms with Crippen molar-refractivity contribution >= 4 is 33.7 Å². The van der Waals surface area contributed by atoms with Gasteiger partial charge in [-0.3, -0.25) is 4.57 Å². The van der Waals surface area contributed by atoms with Crippen LogP contribution in [0.3, 0.4) is 0 Å². The van der Waals surface area contributed by atoms with Gasteiger partial charge in [0.2, 0.25) is 0 Å². The predicted molar refractivity (Wildman–Crippen MR) is 76.7 cm³/mol. The molecule has 4 atom stereocenters. The molecule has 1 heterocycles. The van der Waals surface area contributed by atoms with Crippen LogP contribution in [-0.2, 0) is 25.6 Å². The molecule has 2 radical (unpaired) electrons. The molecule has 1 aliphatic rings. The molecule has 0 amide bonds. The third-order valence-corrected chi connectivity index (χ3v) is 6.56. The molecule has 0 spiro atoms. The van der Waals surface area contributed by atoms with E-state index in [1.165, 1.54) is 6.08 Å².